The maximum Gasteiger partial charge on any atom is 0.411 e. The number of ether oxygens (including phenoxy) is 3. The Morgan fingerprint density at radius 1 is 1.10 bits per heavy atom. The summed E-state index contributed by atoms with van der Waals surface area (Å²) < 4.78 is 15.3. The summed E-state index contributed by atoms with van der Waals surface area (Å²) in [6.07, 6.45) is 0.232. The fraction of sp³-hybridized carbons (Fsp3) is 0.318. The number of hydrazone groups is 1. The van der Waals surface area contributed by atoms with Crippen molar-refractivity contribution in [3.63, 3.8) is 0 Å². The summed E-state index contributed by atoms with van der Waals surface area (Å²) in [5, 5.41) is 8.60. The third-order valence-corrected chi connectivity index (χ3v) is 6.01. The van der Waals surface area contributed by atoms with Crippen LogP contribution in [0, 0.1) is 0 Å². The molecule has 9 heteroatoms. The van der Waals surface area contributed by atoms with E-state index in [0.717, 1.165) is 23.3 Å². The number of nitrogens with zero attached hydrogens (tertiary/aromatic N) is 2. The molecule has 31 heavy (non-hydrogen) atoms. The largest absolute Gasteiger partial charge is 0.493 e. The molecule has 0 fully saturated rings. The lowest BCUT2D eigenvalue weighted by Crippen LogP contribution is -2.34. The van der Waals surface area contributed by atoms with Gasteiger partial charge in [-0.25, -0.2) is 9.80 Å². The number of hydrogen-bond donors (Lipinski definition) is 1. The monoisotopic (exact) mass is 443 g/mol. The van der Waals surface area contributed by atoms with Crippen molar-refractivity contribution in [2.75, 3.05) is 26.6 Å². The maximum absolute atomic E-state index is 12.7. The van der Waals surface area contributed by atoms with Crippen LogP contribution in [0.2, 0.25) is 0 Å². The Labute approximate surface area is 185 Å². The van der Waals surface area contributed by atoms with E-state index >= 15 is 0 Å². The second-order valence-electron chi connectivity index (χ2n) is 6.71. The SMILES string of the molecule is CCC1SC(=O)N(Cc2ccc(NC(=O)OC)cc2)N=C1c1ccc(OC)c(OC)c1. The molecule has 0 saturated heterocycles. The normalized spacial score (nSPS) is 15.9. The predicted molar refractivity (Wildman–Crippen MR) is 121 cm³/mol. The molecular formula is C22H25N3O5S. The topological polar surface area (TPSA) is 89.5 Å². The van der Waals surface area contributed by atoms with Crippen LogP contribution >= 0.6 is 11.8 Å². The van der Waals surface area contributed by atoms with Crippen molar-refractivity contribution in [2.24, 2.45) is 5.10 Å². The zero-order chi connectivity index (χ0) is 22.4. The van der Waals surface area contributed by atoms with Crippen LogP contribution in [0.25, 0.3) is 0 Å². The van der Waals surface area contributed by atoms with Crippen molar-refractivity contribution >= 4 is 34.5 Å². The Bertz CT molecular complexity index is 978. The molecular weight excluding hydrogens is 418 g/mol. The number of carbonyl (C=O) groups excluding carboxylic acids is 2. The van der Waals surface area contributed by atoms with Gasteiger partial charge in [-0.1, -0.05) is 30.8 Å². The van der Waals surface area contributed by atoms with Gasteiger partial charge in [0.25, 0.3) is 0 Å². The molecule has 1 heterocycles. The number of benzene rings is 2. The van der Waals surface area contributed by atoms with E-state index in [-0.39, 0.29) is 10.5 Å². The van der Waals surface area contributed by atoms with Crippen molar-refractivity contribution in [1.29, 1.82) is 0 Å². The molecule has 1 unspecified atom stereocenters. The Hall–Kier alpha value is -3.20. The van der Waals surface area contributed by atoms with Crippen LogP contribution in [0.15, 0.2) is 47.6 Å². The van der Waals surface area contributed by atoms with E-state index in [1.54, 1.807) is 26.4 Å². The molecule has 0 spiro atoms. The molecule has 1 aliphatic rings. The number of thioether (sulfide) groups is 1. The van der Waals surface area contributed by atoms with E-state index in [1.165, 1.54) is 23.9 Å². The number of carbonyl (C=O) groups is 2. The molecule has 2 aromatic carbocycles. The van der Waals surface area contributed by atoms with Crippen molar-refractivity contribution < 1.29 is 23.8 Å². The van der Waals surface area contributed by atoms with Crippen LogP contribution in [-0.4, -0.2) is 48.6 Å². The van der Waals surface area contributed by atoms with Gasteiger partial charge in [-0.2, -0.15) is 5.10 Å². The molecule has 1 atom stereocenters. The highest BCUT2D eigenvalue weighted by Crippen LogP contribution is 2.33. The molecule has 2 amide bonds. The first kappa shape index (κ1) is 22.5. The van der Waals surface area contributed by atoms with Gasteiger partial charge in [0, 0.05) is 11.3 Å². The van der Waals surface area contributed by atoms with E-state index in [0.29, 0.717) is 23.7 Å². The molecule has 3 rings (SSSR count). The van der Waals surface area contributed by atoms with Crippen molar-refractivity contribution in [3.8, 4) is 11.5 Å². The average Bonchev–Trinajstić information content (AvgIpc) is 2.80. The molecule has 164 valence electrons. The highest BCUT2D eigenvalue weighted by molar-refractivity contribution is 8.14. The second-order valence-corrected chi connectivity index (χ2v) is 7.86. The van der Waals surface area contributed by atoms with Gasteiger partial charge in [-0.05, 0) is 42.3 Å². The molecule has 0 bridgehead atoms. The van der Waals surface area contributed by atoms with Crippen molar-refractivity contribution in [2.45, 2.75) is 25.1 Å². The molecule has 8 nitrogen and oxygen atoms in total. The average molecular weight is 444 g/mol. The van der Waals surface area contributed by atoms with Crippen molar-refractivity contribution in [1.82, 2.24) is 5.01 Å². The molecule has 2 aromatic rings. The predicted octanol–water partition coefficient (Wildman–Crippen LogP) is 4.73. The minimum Gasteiger partial charge on any atom is -0.493 e. The summed E-state index contributed by atoms with van der Waals surface area (Å²) in [5.41, 5.74) is 3.19. The molecule has 0 aromatic heterocycles. The fourth-order valence-corrected chi connectivity index (χ4v) is 4.06. The standard InChI is InChI=1S/C22H25N3O5S/c1-5-19-20(15-8-11-17(28-2)18(12-15)29-3)24-25(22(27)31-19)13-14-6-9-16(10-7-14)23-21(26)30-4/h6-12,19H,5,13H2,1-4H3,(H,23,26). The lowest BCUT2D eigenvalue weighted by molar-refractivity contribution is 0.187. The Balaban J connectivity index is 1.85. The molecule has 1 aliphatic heterocycles. The minimum atomic E-state index is -0.537. The lowest BCUT2D eigenvalue weighted by Gasteiger charge is -2.28. The number of hydrogen-bond acceptors (Lipinski definition) is 7. The van der Waals surface area contributed by atoms with Gasteiger partial charge < -0.3 is 14.2 Å². The van der Waals surface area contributed by atoms with E-state index in [1.807, 2.05) is 37.3 Å². The lowest BCUT2D eigenvalue weighted by atomic mass is 10.0. The van der Waals surface area contributed by atoms with Gasteiger partial charge in [0.1, 0.15) is 0 Å². The Morgan fingerprint density at radius 2 is 1.81 bits per heavy atom. The quantitative estimate of drug-likeness (QED) is 0.665. The fourth-order valence-electron chi connectivity index (χ4n) is 3.12. The van der Waals surface area contributed by atoms with Gasteiger partial charge in [-0.15, -0.1) is 0 Å². The van der Waals surface area contributed by atoms with Crippen LogP contribution in [0.1, 0.15) is 24.5 Å². The van der Waals surface area contributed by atoms with Crippen molar-refractivity contribution in [3.05, 3.63) is 53.6 Å². The zero-order valence-electron chi connectivity index (χ0n) is 17.9. The number of amides is 2. The van der Waals surface area contributed by atoms with Gasteiger partial charge in [0.2, 0.25) is 0 Å². The minimum absolute atomic E-state index is 0.0477. The summed E-state index contributed by atoms with van der Waals surface area (Å²) in [4.78, 5) is 24.0. The summed E-state index contributed by atoms with van der Waals surface area (Å²) in [5.74, 6) is 1.25. The molecule has 1 N–H and O–H groups in total. The van der Waals surface area contributed by atoms with Crippen LogP contribution < -0.4 is 14.8 Å². The van der Waals surface area contributed by atoms with Gasteiger partial charge >= 0.3 is 11.3 Å². The van der Waals surface area contributed by atoms with Gasteiger partial charge in [0.05, 0.1) is 38.8 Å². The summed E-state index contributed by atoms with van der Waals surface area (Å²) in [6.45, 7) is 2.35. The summed E-state index contributed by atoms with van der Waals surface area (Å²) in [6, 6.07) is 12.8. The Morgan fingerprint density at radius 3 is 2.42 bits per heavy atom. The first-order chi connectivity index (χ1) is 15.0. The summed E-state index contributed by atoms with van der Waals surface area (Å²) in [7, 11) is 4.48. The smallest absolute Gasteiger partial charge is 0.411 e. The number of methoxy groups -OCH3 is 3. The number of anilines is 1. The number of rotatable bonds is 7. The first-order valence-corrected chi connectivity index (χ1v) is 10.6. The van der Waals surface area contributed by atoms with Crippen LogP contribution in [0.3, 0.4) is 0 Å². The third kappa shape index (κ3) is 5.29. The third-order valence-electron chi connectivity index (χ3n) is 4.76. The molecule has 0 radical (unpaired) electrons. The first-order valence-electron chi connectivity index (χ1n) is 9.72. The van der Waals surface area contributed by atoms with Gasteiger partial charge in [0.15, 0.2) is 11.5 Å². The number of nitrogens with one attached hydrogen (secondary N) is 1. The second kappa shape index (κ2) is 10.2. The zero-order valence-corrected chi connectivity index (χ0v) is 18.7. The summed E-state index contributed by atoms with van der Waals surface area (Å²) >= 11 is 1.27. The van der Waals surface area contributed by atoms with Crippen LogP contribution in [0.5, 0.6) is 11.5 Å². The molecule has 0 saturated carbocycles. The van der Waals surface area contributed by atoms with Crippen LogP contribution in [0.4, 0.5) is 15.3 Å². The van der Waals surface area contributed by atoms with E-state index in [2.05, 4.69) is 15.2 Å². The van der Waals surface area contributed by atoms with E-state index in [4.69, 9.17) is 9.47 Å². The maximum atomic E-state index is 12.7. The Kier molecular flexibility index (Phi) is 7.41. The molecule has 0 aliphatic carbocycles. The highest BCUT2D eigenvalue weighted by atomic mass is 32.2. The van der Waals surface area contributed by atoms with Crippen LogP contribution in [-0.2, 0) is 11.3 Å². The van der Waals surface area contributed by atoms with Gasteiger partial charge in [-0.3, -0.25) is 10.1 Å². The van der Waals surface area contributed by atoms with E-state index < -0.39 is 6.09 Å². The van der Waals surface area contributed by atoms with E-state index in [9.17, 15) is 9.59 Å². The highest BCUT2D eigenvalue weighted by Gasteiger charge is 2.30.